The van der Waals surface area contributed by atoms with Gasteiger partial charge in [0.1, 0.15) is 5.39 Å². The maximum atomic E-state index is 12.0. The van der Waals surface area contributed by atoms with Crippen LogP contribution >= 0.6 is 0 Å². The molecular formula is C13H21N5O. The van der Waals surface area contributed by atoms with Crippen molar-refractivity contribution in [1.82, 2.24) is 19.7 Å². The van der Waals surface area contributed by atoms with Gasteiger partial charge in [0, 0.05) is 6.54 Å². The monoisotopic (exact) mass is 263 g/mol. The number of rotatable bonds is 4. The summed E-state index contributed by atoms with van der Waals surface area (Å²) in [6, 6.07) is 0. The second kappa shape index (κ2) is 5.03. The molecule has 0 unspecified atom stereocenters. The zero-order chi connectivity index (χ0) is 14.0. The first kappa shape index (κ1) is 13.6. The molecule has 0 amide bonds. The zero-order valence-electron chi connectivity index (χ0n) is 11.9. The lowest BCUT2D eigenvalue weighted by atomic mass is 10.1. The average Bonchev–Trinajstić information content (AvgIpc) is 2.73. The van der Waals surface area contributed by atoms with Crippen LogP contribution in [0.2, 0.25) is 0 Å². The van der Waals surface area contributed by atoms with Crippen LogP contribution < -0.4 is 10.9 Å². The van der Waals surface area contributed by atoms with Gasteiger partial charge < -0.3 is 5.32 Å². The van der Waals surface area contributed by atoms with Crippen LogP contribution in [0, 0.1) is 0 Å². The molecule has 0 aromatic carbocycles. The van der Waals surface area contributed by atoms with Gasteiger partial charge in [-0.05, 0) is 27.2 Å². The summed E-state index contributed by atoms with van der Waals surface area (Å²) < 4.78 is 1.78. The highest BCUT2D eigenvalue weighted by Gasteiger charge is 2.19. The number of nitrogens with one attached hydrogen (secondary N) is 2. The van der Waals surface area contributed by atoms with E-state index in [2.05, 4.69) is 27.3 Å². The molecule has 2 aromatic heterocycles. The molecule has 19 heavy (non-hydrogen) atoms. The zero-order valence-corrected chi connectivity index (χ0v) is 11.9. The molecule has 6 nitrogen and oxygen atoms in total. The fourth-order valence-electron chi connectivity index (χ4n) is 1.88. The van der Waals surface area contributed by atoms with E-state index in [1.54, 1.807) is 10.9 Å². The molecule has 0 atom stereocenters. The van der Waals surface area contributed by atoms with Gasteiger partial charge in [-0.25, -0.2) is 4.68 Å². The molecule has 2 N–H and O–H groups in total. The highest BCUT2D eigenvalue weighted by molar-refractivity contribution is 5.74. The fraction of sp³-hybridized carbons (Fsp3) is 0.615. The van der Waals surface area contributed by atoms with Gasteiger partial charge in [0.15, 0.2) is 5.65 Å². The lowest BCUT2D eigenvalue weighted by Gasteiger charge is -2.19. The Kier molecular flexibility index (Phi) is 3.59. The van der Waals surface area contributed by atoms with Crippen LogP contribution in [0.3, 0.4) is 0 Å². The Bertz CT molecular complexity index is 620. The smallest absolute Gasteiger partial charge is 0.263 e. The van der Waals surface area contributed by atoms with E-state index in [0.29, 0.717) is 17.0 Å². The summed E-state index contributed by atoms with van der Waals surface area (Å²) in [5.74, 6) is 0.511. The molecular weight excluding hydrogens is 242 g/mol. The first-order valence-electron chi connectivity index (χ1n) is 6.66. The van der Waals surface area contributed by atoms with Crippen LogP contribution in [-0.2, 0) is 5.54 Å². The van der Waals surface area contributed by atoms with Gasteiger partial charge in [0.25, 0.3) is 5.56 Å². The van der Waals surface area contributed by atoms with Crippen LogP contribution in [0.4, 0.5) is 5.95 Å². The molecule has 0 saturated carbocycles. The molecule has 2 heterocycles. The van der Waals surface area contributed by atoms with Gasteiger partial charge in [0.2, 0.25) is 5.95 Å². The third kappa shape index (κ3) is 2.77. The summed E-state index contributed by atoms with van der Waals surface area (Å²) in [6.45, 7) is 9.02. The average molecular weight is 263 g/mol. The lowest BCUT2D eigenvalue weighted by Crippen LogP contribution is -2.24. The molecule has 0 fully saturated rings. The molecule has 104 valence electrons. The summed E-state index contributed by atoms with van der Waals surface area (Å²) in [5.41, 5.74) is 0.262. The number of H-pyrrole nitrogens is 1. The third-order valence-electron chi connectivity index (χ3n) is 2.90. The van der Waals surface area contributed by atoms with Crippen molar-refractivity contribution in [3.05, 3.63) is 16.6 Å². The van der Waals surface area contributed by atoms with E-state index in [1.807, 2.05) is 20.8 Å². The number of anilines is 1. The minimum Gasteiger partial charge on any atom is -0.356 e. The Labute approximate surface area is 112 Å². The van der Waals surface area contributed by atoms with E-state index in [-0.39, 0.29) is 11.1 Å². The first-order valence-corrected chi connectivity index (χ1v) is 6.66. The number of unbranched alkanes of at least 4 members (excludes halogenated alkanes) is 1. The van der Waals surface area contributed by atoms with Gasteiger partial charge in [-0.15, -0.1) is 0 Å². The quantitative estimate of drug-likeness (QED) is 0.828. The van der Waals surface area contributed by atoms with Crippen molar-refractivity contribution in [3.8, 4) is 0 Å². The summed E-state index contributed by atoms with van der Waals surface area (Å²) in [6.07, 6.45) is 3.71. The number of hydrogen-bond donors (Lipinski definition) is 2. The van der Waals surface area contributed by atoms with Gasteiger partial charge in [-0.2, -0.15) is 10.1 Å². The van der Waals surface area contributed by atoms with Crippen molar-refractivity contribution in [1.29, 1.82) is 0 Å². The number of aromatic nitrogens is 4. The molecule has 0 aliphatic rings. The van der Waals surface area contributed by atoms with Crippen molar-refractivity contribution in [3.63, 3.8) is 0 Å². The molecule has 0 aliphatic carbocycles. The third-order valence-corrected chi connectivity index (χ3v) is 2.90. The maximum absolute atomic E-state index is 12.0. The molecule has 2 aromatic rings. The van der Waals surface area contributed by atoms with Gasteiger partial charge in [-0.1, -0.05) is 13.3 Å². The first-order chi connectivity index (χ1) is 8.93. The molecule has 0 spiro atoms. The number of fused-ring (bicyclic) bond motifs is 1. The van der Waals surface area contributed by atoms with Crippen LogP contribution in [0.15, 0.2) is 11.0 Å². The number of aromatic amines is 1. The van der Waals surface area contributed by atoms with Gasteiger partial charge >= 0.3 is 0 Å². The van der Waals surface area contributed by atoms with Gasteiger partial charge in [0.05, 0.1) is 11.7 Å². The molecule has 6 heteroatoms. The Morgan fingerprint density at radius 2 is 2.16 bits per heavy atom. The van der Waals surface area contributed by atoms with E-state index < -0.39 is 0 Å². The van der Waals surface area contributed by atoms with E-state index in [9.17, 15) is 4.79 Å². The van der Waals surface area contributed by atoms with Crippen LogP contribution in [0.1, 0.15) is 40.5 Å². The Morgan fingerprint density at radius 1 is 1.42 bits per heavy atom. The Balaban J connectivity index is 2.45. The van der Waals surface area contributed by atoms with E-state index in [4.69, 9.17) is 0 Å². The van der Waals surface area contributed by atoms with Crippen molar-refractivity contribution < 1.29 is 0 Å². The molecule has 0 aliphatic heterocycles. The second-order valence-electron chi connectivity index (χ2n) is 5.66. The summed E-state index contributed by atoms with van der Waals surface area (Å²) >= 11 is 0. The Morgan fingerprint density at radius 3 is 2.79 bits per heavy atom. The minimum absolute atomic E-state index is 0.153. The molecule has 2 rings (SSSR count). The highest BCUT2D eigenvalue weighted by Crippen LogP contribution is 2.18. The van der Waals surface area contributed by atoms with Crippen molar-refractivity contribution >= 4 is 17.0 Å². The second-order valence-corrected chi connectivity index (χ2v) is 5.66. The number of hydrogen-bond acceptors (Lipinski definition) is 4. The van der Waals surface area contributed by atoms with Crippen molar-refractivity contribution in [2.24, 2.45) is 0 Å². The van der Waals surface area contributed by atoms with Crippen LogP contribution in [-0.4, -0.2) is 26.3 Å². The van der Waals surface area contributed by atoms with Crippen molar-refractivity contribution in [2.75, 3.05) is 11.9 Å². The Hall–Kier alpha value is -1.85. The SMILES string of the molecule is CCCCNc1nc2c(cnn2C(C)(C)C)c(=O)[nH]1. The topological polar surface area (TPSA) is 75.6 Å². The minimum atomic E-state index is -0.205. The van der Waals surface area contributed by atoms with Crippen molar-refractivity contribution in [2.45, 2.75) is 46.1 Å². The lowest BCUT2D eigenvalue weighted by molar-refractivity contribution is 0.366. The number of nitrogens with zero attached hydrogens (tertiary/aromatic N) is 3. The summed E-state index contributed by atoms with van der Waals surface area (Å²) in [7, 11) is 0. The summed E-state index contributed by atoms with van der Waals surface area (Å²) in [4.78, 5) is 19.2. The standard InChI is InChI=1S/C13H21N5O/c1-5-6-7-14-12-16-10-9(11(19)17-12)8-15-18(10)13(2,3)4/h8H,5-7H2,1-4H3,(H2,14,16,17,19). The van der Waals surface area contributed by atoms with Crippen LogP contribution in [0.5, 0.6) is 0 Å². The molecule has 0 radical (unpaired) electrons. The predicted octanol–water partition coefficient (Wildman–Crippen LogP) is 2.09. The molecule has 0 saturated heterocycles. The van der Waals surface area contributed by atoms with Gasteiger partial charge in [-0.3, -0.25) is 9.78 Å². The van der Waals surface area contributed by atoms with E-state index >= 15 is 0 Å². The maximum Gasteiger partial charge on any atom is 0.263 e. The molecule has 0 bridgehead atoms. The van der Waals surface area contributed by atoms with E-state index in [1.165, 1.54) is 0 Å². The van der Waals surface area contributed by atoms with Crippen LogP contribution in [0.25, 0.3) is 11.0 Å². The summed E-state index contributed by atoms with van der Waals surface area (Å²) in [5, 5.41) is 7.93. The normalized spacial score (nSPS) is 12.0. The van der Waals surface area contributed by atoms with E-state index in [0.717, 1.165) is 19.4 Å². The predicted molar refractivity (Wildman–Crippen MR) is 76.5 cm³/mol. The highest BCUT2D eigenvalue weighted by atomic mass is 16.1. The fourth-order valence-corrected chi connectivity index (χ4v) is 1.88. The largest absolute Gasteiger partial charge is 0.356 e.